The van der Waals surface area contributed by atoms with Crippen LogP contribution in [0.5, 0.6) is 5.75 Å². The van der Waals surface area contributed by atoms with E-state index >= 15 is 0 Å². The number of aryl methyl sites for hydroxylation is 1. The van der Waals surface area contributed by atoms with Crippen LogP contribution < -0.4 is 15.4 Å². The van der Waals surface area contributed by atoms with E-state index in [9.17, 15) is 4.39 Å². The average Bonchev–Trinajstić information content (AvgIpc) is 3.09. The maximum absolute atomic E-state index is 13.2. The van der Waals surface area contributed by atoms with Crippen LogP contribution in [0.1, 0.15) is 35.2 Å². The predicted molar refractivity (Wildman–Crippen MR) is 113 cm³/mol. The molecule has 1 aliphatic heterocycles. The Morgan fingerprint density at radius 1 is 1.20 bits per heavy atom. The molecule has 0 fully saturated rings. The molecule has 2 aromatic carbocycles. The van der Waals surface area contributed by atoms with Gasteiger partial charge in [0, 0.05) is 19.0 Å². The van der Waals surface area contributed by atoms with Gasteiger partial charge >= 0.3 is 0 Å². The molecule has 0 radical (unpaired) electrons. The Labute approximate surface area is 175 Å². The van der Waals surface area contributed by atoms with E-state index in [2.05, 4.69) is 26.9 Å². The van der Waals surface area contributed by atoms with Crippen LogP contribution in [-0.2, 0) is 20.1 Å². The molecule has 0 spiro atoms. The van der Waals surface area contributed by atoms with E-state index < -0.39 is 0 Å². The zero-order valence-corrected chi connectivity index (χ0v) is 17.1. The fraction of sp³-hybridized carbons (Fsp3) is 0.318. The Bertz CT molecular complexity index is 1030. The van der Waals surface area contributed by atoms with Crippen molar-refractivity contribution in [2.24, 2.45) is 12.0 Å². The number of fused-ring (bicyclic) bond motifs is 1. The van der Waals surface area contributed by atoms with E-state index in [0.717, 1.165) is 34.9 Å². The van der Waals surface area contributed by atoms with Gasteiger partial charge in [0.15, 0.2) is 11.8 Å². The van der Waals surface area contributed by atoms with Crippen molar-refractivity contribution in [1.82, 2.24) is 25.4 Å². The lowest BCUT2D eigenvalue weighted by Crippen LogP contribution is -2.41. The van der Waals surface area contributed by atoms with Crippen LogP contribution in [0.25, 0.3) is 0 Å². The average molecular weight is 408 g/mol. The molecule has 0 bridgehead atoms. The number of aliphatic imine (C=N–C) groups is 1. The number of rotatable bonds is 5. The minimum Gasteiger partial charge on any atom is -0.493 e. The van der Waals surface area contributed by atoms with E-state index in [-0.39, 0.29) is 11.9 Å². The molecule has 4 rings (SSSR count). The van der Waals surface area contributed by atoms with Crippen molar-refractivity contribution < 1.29 is 9.13 Å². The molecular formula is C22H25FN6O. The molecule has 3 aromatic rings. The van der Waals surface area contributed by atoms with Gasteiger partial charge < -0.3 is 19.9 Å². The Morgan fingerprint density at radius 2 is 2.00 bits per heavy atom. The number of hydrogen-bond acceptors (Lipinski definition) is 4. The van der Waals surface area contributed by atoms with Crippen LogP contribution >= 0.6 is 0 Å². The quantitative estimate of drug-likeness (QED) is 0.501. The molecule has 7 nitrogen and oxygen atoms in total. The standard InChI is InChI=1S/C22H25FN6O/c1-15-27-28-21(29(15)2)14-25-22(24-13-16-7-9-17(23)10-8-16)26-19-11-12-30-20-6-4-3-5-18(19)20/h3-10,19H,11-14H2,1-2H3,(H2,24,25,26). The zero-order chi connectivity index (χ0) is 20.9. The molecule has 0 saturated heterocycles. The van der Waals surface area contributed by atoms with Gasteiger partial charge in [-0.2, -0.15) is 0 Å². The Balaban J connectivity index is 1.52. The molecule has 8 heteroatoms. The second-order valence-electron chi connectivity index (χ2n) is 7.24. The van der Waals surface area contributed by atoms with Crippen molar-refractivity contribution in [3.8, 4) is 5.75 Å². The zero-order valence-electron chi connectivity index (χ0n) is 17.1. The van der Waals surface area contributed by atoms with Crippen molar-refractivity contribution >= 4 is 5.96 Å². The van der Waals surface area contributed by atoms with Gasteiger partial charge in [-0.05, 0) is 30.7 Å². The number of aromatic nitrogens is 3. The van der Waals surface area contributed by atoms with Crippen LogP contribution in [0.3, 0.4) is 0 Å². The summed E-state index contributed by atoms with van der Waals surface area (Å²) in [7, 11) is 1.93. The van der Waals surface area contributed by atoms with E-state index in [0.29, 0.717) is 25.7 Å². The number of halogens is 1. The van der Waals surface area contributed by atoms with Crippen LogP contribution in [0.4, 0.5) is 4.39 Å². The lowest BCUT2D eigenvalue weighted by Gasteiger charge is -2.28. The predicted octanol–water partition coefficient (Wildman–Crippen LogP) is 3.02. The fourth-order valence-electron chi connectivity index (χ4n) is 3.34. The summed E-state index contributed by atoms with van der Waals surface area (Å²) in [5, 5.41) is 15.2. The SMILES string of the molecule is Cc1nnc(CNC(=NCc2ccc(F)cc2)NC2CCOc3ccccc32)n1C. The molecule has 1 unspecified atom stereocenters. The van der Waals surface area contributed by atoms with Crippen molar-refractivity contribution in [3.63, 3.8) is 0 Å². The lowest BCUT2D eigenvalue weighted by molar-refractivity contribution is 0.261. The molecule has 2 N–H and O–H groups in total. The first-order valence-corrected chi connectivity index (χ1v) is 9.96. The van der Waals surface area contributed by atoms with Crippen LogP contribution in [0.15, 0.2) is 53.5 Å². The largest absolute Gasteiger partial charge is 0.493 e. The van der Waals surface area contributed by atoms with Crippen molar-refractivity contribution in [3.05, 3.63) is 77.1 Å². The number of hydrogen-bond donors (Lipinski definition) is 2. The summed E-state index contributed by atoms with van der Waals surface area (Å²) in [6, 6.07) is 14.5. The molecule has 156 valence electrons. The first-order chi connectivity index (χ1) is 14.6. The van der Waals surface area contributed by atoms with Gasteiger partial charge in [0.05, 0.1) is 25.7 Å². The Kier molecular flexibility index (Phi) is 5.92. The summed E-state index contributed by atoms with van der Waals surface area (Å²) in [4.78, 5) is 4.72. The normalized spacial score (nSPS) is 16.0. The molecule has 0 amide bonds. The van der Waals surface area contributed by atoms with Gasteiger partial charge in [0.1, 0.15) is 17.4 Å². The Hall–Kier alpha value is -3.42. The van der Waals surface area contributed by atoms with Gasteiger partial charge in [-0.25, -0.2) is 9.38 Å². The molecule has 1 atom stereocenters. The smallest absolute Gasteiger partial charge is 0.192 e. The number of nitrogens with zero attached hydrogens (tertiary/aromatic N) is 4. The van der Waals surface area contributed by atoms with Crippen LogP contribution in [0, 0.1) is 12.7 Å². The second-order valence-corrected chi connectivity index (χ2v) is 7.24. The maximum Gasteiger partial charge on any atom is 0.192 e. The Morgan fingerprint density at radius 3 is 2.77 bits per heavy atom. The van der Waals surface area contributed by atoms with E-state index in [1.165, 1.54) is 12.1 Å². The third kappa shape index (κ3) is 4.59. The minimum absolute atomic E-state index is 0.0793. The van der Waals surface area contributed by atoms with Crippen molar-refractivity contribution in [2.45, 2.75) is 32.5 Å². The molecule has 1 aromatic heterocycles. The number of nitrogens with one attached hydrogen (secondary N) is 2. The topological polar surface area (TPSA) is 76.4 Å². The number of guanidine groups is 1. The third-order valence-electron chi connectivity index (χ3n) is 5.20. The molecule has 1 aliphatic rings. The molecule has 30 heavy (non-hydrogen) atoms. The van der Waals surface area contributed by atoms with Gasteiger partial charge in [0.2, 0.25) is 0 Å². The first kappa shape index (κ1) is 19.9. The summed E-state index contributed by atoms with van der Waals surface area (Å²) in [5.41, 5.74) is 2.04. The summed E-state index contributed by atoms with van der Waals surface area (Å²) >= 11 is 0. The monoisotopic (exact) mass is 408 g/mol. The second kappa shape index (κ2) is 8.94. The summed E-state index contributed by atoms with van der Waals surface area (Å²) in [5.74, 6) is 2.96. The van der Waals surface area contributed by atoms with E-state index in [1.807, 2.05) is 36.7 Å². The highest BCUT2D eigenvalue weighted by atomic mass is 19.1. The first-order valence-electron chi connectivity index (χ1n) is 9.96. The highest BCUT2D eigenvalue weighted by Gasteiger charge is 2.22. The molecule has 0 saturated carbocycles. The van der Waals surface area contributed by atoms with Gasteiger partial charge in [0.25, 0.3) is 0 Å². The van der Waals surface area contributed by atoms with Gasteiger partial charge in [-0.1, -0.05) is 30.3 Å². The highest BCUT2D eigenvalue weighted by molar-refractivity contribution is 5.80. The minimum atomic E-state index is -0.254. The number of ether oxygens (including phenoxy) is 1. The van der Waals surface area contributed by atoms with Gasteiger partial charge in [-0.15, -0.1) is 10.2 Å². The van der Waals surface area contributed by atoms with Crippen LogP contribution in [0.2, 0.25) is 0 Å². The van der Waals surface area contributed by atoms with Gasteiger partial charge in [-0.3, -0.25) is 0 Å². The number of para-hydroxylation sites is 1. The third-order valence-corrected chi connectivity index (χ3v) is 5.20. The van der Waals surface area contributed by atoms with Crippen molar-refractivity contribution in [2.75, 3.05) is 6.61 Å². The summed E-state index contributed by atoms with van der Waals surface area (Å²) in [6.45, 7) is 3.47. The number of benzene rings is 2. The molecule has 0 aliphatic carbocycles. The van der Waals surface area contributed by atoms with E-state index in [1.54, 1.807) is 12.1 Å². The van der Waals surface area contributed by atoms with E-state index in [4.69, 9.17) is 9.73 Å². The summed E-state index contributed by atoms with van der Waals surface area (Å²) in [6.07, 6.45) is 0.831. The fourth-order valence-corrected chi connectivity index (χ4v) is 3.34. The summed E-state index contributed by atoms with van der Waals surface area (Å²) < 4.78 is 20.9. The maximum atomic E-state index is 13.2. The highest BCUT2D eigenvalue weighted by Crippen LogP contribution is 2.31. The lowest BCUT2D eigenvalue weighted by atomic mass is 10.0. The molecular weight excluding hydrogens is 383 g/mol. The molecule has 2 heterocycles. The van der Waals surface area contributed by atoms with Crippen molar-refractivity contribution in [1.29, 1.82) is 0 Å². The van der Waals surface area contributed by atoms with Crippen LogP contribution in [-0.4, -0.2) is 27.3 Å².